The molecule has 1 N–H and O–H groups in total. The number of thiocarbonyl (C=S) groups is 1. The molecule has 0 unspecified atom stereocenters. The van der Waals surface area contributed by atoms with Crippen LogP contribution in [0.25, 0.3) is 17.4 Å². The molecule has 5 nitrogen and oxygen atoms in total. The lowest BCUT2D eigenvalue weighted by atomic mass is 10.2. The molecular weight excluding hydrogens is 394 g/mol. The Morgan fingerprint density at radius 1 is 1.42 bits per heavy atom. The number of hydrogen-bond donors (Lipinski definition) is 1. The van der Waals surface area contributed by atoms with Crippen LogP contribution in [0.3, 0.4) is 0 Å². The smallest absolute Gasteiger partial charge is 0.326 e. The summed E-state index contributed by atoms with van der Waals surface area (Å²) in [6, 6.07) is 9.79. The Morgan fingerprint density at radius 3 is 2.85 bits per heavy atom. The highest BCUT2D eigenvalue weighted by Gasteiger charge is 2.39. The third kappa shape index (κ3) is 3.70. The van der Waals surface area contributed by atoms with Gasteiger partial charge in [0.05, 0.1) is 4.91 Å². The Balaban J connectivity index is 1.86. The maximum atomic E-state index is 12.6. The van der Waals surface area contributed by atoms with Gasteiger partial charge in [-0.25, -0.2) is 4.79 Å². The van der Waals surface area contributed by atoms with E-state index >= 15 is 0 Å². The summed E-state index contributed by atoms with van der Waals surface area (Å²) in [6.45, 7) is 1.70. The van der Waals surface area contributed by atoms with E-state index in [1.807, 2.05) is 12.1 Å². The van der Waals surface area contributed by atoms with Crippen molar-refractivity contribution in [2.24, 2.45) is 0 Å². The maximum absolute atomic E-state index is 12.6. The standard InChI is InChI=1S/C18H14ClNO4S2/c1-2-13(17(22)23)20-16(21)15(26-18(20)25)9-12-6-7-14(24-12)10-4-3-5-11(19)8-10/h3-9,13H,2H2,1H3,(H,22,23)/b15-9+/t13-/m0/s1. The Labute approximate surface area is 164 Å². The van der Waals surface area contributed by atoms with Gasteiger partial charge < -0.3 is 9.52 Å². The number of thioether (sulfide) groups is 1. The van der Waals surface area contributed by atoms with E-state index in [0.717, 1.165) is 22.2 Å². The third-order valence-corrected chi connectivity index (χ3v) is 5.38. The van der Waals surface area contributed by atoms with Crippen molar-refractivity contribution in [3.63, 3.8) is 0 Å². The second-order valence-corrected chi connectivity index (χ2v) is 7.64. The molecule has 0 spiro atoms. The number of hydrogen-bond acceptors (Lipinski definition) is 5. The van der Waals surface area contributed by atoms with E-state index in [0.29, 0.717) is 21.4 Å². The molecule has 2 aromatic rings. The predicted octanol–water partition coefficient (Wildman–Crippen LogP) is 4.66. The molecule has 134 valence electrons. The Kier molecular flexibility index (Phi) is 5.50. The lowest BCUT2D eigenvalue weighted by molar-refractivity contribution is -0.145. The predicted molar refractivity (Wildman–Crippen MR) is 106 cm³/mol. The van der Waals surface area contributed by atoms with Crippen LogP contribution in [0.2, 0.25) is 5.02 Å². The molecule has 1 fully saturated rings. The van der Waals surface area contributed by atoms with Crippen molar-refractivity contribution in [3.8, 4) is 11.3 Å². The molecule has 0 radical (unpaired) electrons. The summed E-state index contributed by atoms with van der Waals surface area (Å²) in [5.41, 5.74) is 0.821. The summed E-state index contributed by atoms with van der Waals surface area (Å²) in [7, 11) is 0. The van der Waals surface area contributed by atoms with E-state index in [9.17, 15) is 14.7 Å². The molecule has 0 aliphatic carbocycles. The molecule has 0 bridgehead atoms. The fourth-order valence-electron chi connectivity index (χ4n) is 2.57. The largest absolute Gasteiger partial charge is 0.480 e. The number of furan rings is 1. The number of carboxylic acid groups (broad SMARTS) is 1. The number of nitrogens with zero attached hydrogens (tertiary/aromatic N) is 1. The normalized spacial score (nSPS) is 17.2. The first kappa shape index (κ1) is 18.7. The third-order valence-electron chi connectivity index (χ3n) is 3.82. The van der Waals surface area contributed by atoms with Crippen molar-refractivity contribution in [1.82, 2.24) is 4.90 Å². The maximum Gasteiger partial charge on any atom is 0.326 e. The number of carbonyl (C=O) groups is 2. The Hall–Kier alpha value is -2.09. The molecule has 3 rings (SSSR count). The van der Waals surface area contributed by atoms with Crippen molar-refractivity contribution in [1.29, 1.82) is 0 Å². The van der Waals surface area contributed by atoms with Crippen LogP contribution in [0.1, 0.15) is 19.1 Å². The first-order valence-corrected chi connectivity index (χ1v) is 9.36. The van der Waals surface area contributed by atoms with Gasteiger partial charge in [-0.15, -0.1) is 0 Å². The highest BCUT2D eigenvalue weighted by molar-refractivity contribution is 8.26. The number of carboxylic acids is 1. The fourth-order valence-corrected chi connectivity index (χ4v) is 4.10. The van der Waals surface area contributed by atoms with Crippen LogP contribution < -0.4 is 0 Å². The zero-order valence-electron chi connectivity index (χ0n) is 13.6. The lowest BCUT2D eigenvalue weighted by Crippen LogP contribution is -2.43. The average molecular weight is 408 g/mol. The summed E-state index contributed by atoms with van der Waals surface area (Å²) >= 11 is 12.2. The van der Waals surface area contributed by atoms with Crippen LogP contribution in [0.15, 0.2) is 45.7 Å². The van der Waals surface area contributed by atoms with Gasteiger partial charge in [-0.3, -0.25) is 9.69 Å². The zero-order valence-corrected chi connectivity index (χ0v) is 16.0. The fraction of sp³-hybridized carbons (Fsp3) is 0.167. The number of amides is 1. The Bertz CT molecular complexity index is 921. The quantitative estimate of drug-likeness (QED) is 0.574. The number of carbonyl (C=O) groups excluding carboxylic acids is 1. The van der Waals surface area contributed by atoms with Crippen molar-refractivity contribution in [2.75, 3.05) is 0 Å². The molecule has 1 amide bonds. The van der Waals surface area contributed by atoms with Crippen LogP contribution >= 0.6 is 35.6 Å². The van der Waals surface area contributed by atoms with Gasteiger partial charge >= 0.3 is 5.97 Å². The van der Waals surface area contributed by atoms with Crippen LogP contribution in [-0.2, 0) is 9.59 Å². The van der Waals surface area contributed by atoms with Crippen LogP contribution in [-0.4, -0.2) is 32.2 Å². The van der Waals surface area contributed by atoms with Crippen molar-refractivity contribution in [3.05, 3.63) is 52.1 Å². The summed E-state index contributed by atoms with van der Waals surface area (Å²) in [5, 5.41) is 9.88. The molecule has 1 aromatic carbocycles. The van der Waals surface area contributed by atoms with Gasteiger partial charge in [0.15, 0.2) is 0 Å². The molecule has 1 aliphatic rings. The highest BCUT2D eigenvalue weighted by atomic mass is 35.5. The van der Waals surface area contributed by atoms with Gasteiger partial charge in [0, 0.05) is 16.7 Å². The minimum atomic E-state index is -1.08. The van der Waals surface area contributed by atoms with Crippen LogP contribution in [0.4, 0.5) is 0 Å². The van der Waals surface area contributed by atoms with E-state index in [-0.39, 0.29) is 10.7 Å². The van der Waals surface area contributed by atoms with Crippen LogP contribution in [0.5, 0.6) is 0 Å². The van der Waals surface area contributed by atoms with Gasteiger partial charge in [0.25, 0.3) is 5.91 Å². The van der Waals surface area contributed by atoms with Gasteiger partial charge in [0.1, 0.15) is 21.9 Å². The summed E-state index contributed by atoms with van der Waals surface area (Å²) in [4.78, 5) is 25.4. The van der Waals surface area contributed by atoms with Crippen molar-refractivity contribution < 1.29 is 19.1 Å². The number of halogens is 1. The first-order chi connectivity index (χ1) is 12.4. The molecule has 2 heterocycles. The van der Waals surface area contributed by atoms with Gasteiger partial charge in [-0.1, -0.05) is 54.6 Å². The number of rotatable bonds is 5. The average Bonchev–Trinajstić information content (AvgIpc) is 3.16. The molecule has 1 saturated heterocycles. The van der Waals surface area contributed by atoms with Crippen molar-refractivity contribution >= 4 is 57.9 Å². The highest BCUT2D eigenvalue weighted by Crippen LogP contribution is 2.35. The van der Waals surface area contributed by atoms with E-state index in [2.05, 4.69) is 0 Å². The summed E-state index contributed by atoms with van der Waals surface area (Å²) < 4.78 is 5.99. The monoisotopic (exact) mass is 407 g/mol. The molecule has 26 heavy (non-hydrogen) atoms. The van der Waals surface area contributed by atoms with E-state index in [4.69, 9.17) is 28.2 Å². The van der Waals surface area contributed by atoms with Gasteiger partial charge in [-0.05, 0) is 30.7 Å². The zero-order chi connectivity index (χ0) is 18.8. The molecule has 8 heteroatoms. The molecular formula is C18H14ClNO4S2. The minimum absolute atomic E-state index is 0.233. The molecule has 0 saturated carbocycles. The SMILES string of the molecule is CC[C@@H](C(=O)O)N1C(=O)/C(=C\c2ccc(-c3cccc(Cl)c3)o2)SC1=S. The van der Waals surface area contributed by atoms with E-state index in [1.54, 1.807) is 37.3 Å². The Morgan fingerprint density at radius 2 is 2.19 bits per heavy atom. The minimum Gasteiger partial charge on any atom is -0.480 e. The lowest BCUT2D eigenvalue weighted by Gasteiger charge is -2.21. The summed E-state index contributed by atoms with van der Waals surface area (Å²) in [5.74, 6) is -0.406. The van der Waals surface area contributed by atoms with E-state index in [1.165, 1.54) is 0 Å². The van der Waals surface area contributed by atoms with E-state index < -0.39 is 17.9 Å². The molecule has 1 aromatic heterocycles. The van der Waals surface area contributed by atoms with Gasteiger partial charge in [-0.2, -0.15) is 0 Å². The summed E-state index contributed by atoms with van der Waals surface area (Å²) in [6.07, 6.45) is 1.84. The van der Waals surface area contributed by atoms with Crippen LogP contribution in [0, 0.1) is 0 Å². The van der Waals surface area contributed by atoms with Crippen molar-refractivity contribution in [2.45, 2.75) is 19.4 Å². The second-order valence-electron chi connectivity index (χ2n) is 5.53. The second kappa shape index (κ2) is 7.65. The number of benzene rings is 1. The topological polar surface area (TPSA) is 70.8 Å². The number of aliphatic carboxylic acids is 1. The molecule has 1 aliphatic heterocycles. The molecule has 1 atom stereocenters. The van der Waals surface area contributed by atoms with Gasteiger partial charge in [0.2, 0.25) is 0 Å². The first-order valence-electron chi connectivity index (χ1n) is 7.76.